The molecular formula is C24H26ClN5O2. The fraction of sp³-hybridized carbons (Fsp3) is 0.375. The van der Waals surface area contributed by atoms with Crippen molar-refractivity contribution < 1.29 is 9.84 Å². The number of benzene rings is 2. The van der Waals surface area contributed by atoms with Gasteiger partial charge in [0.1, 0.15) is 11.8 Å². The Kier molecular flexibility index (Phi) is 6.63. The number of ether oxygens (including phenoxy) is 1. The van der Waals surface area contributed by atoms with E-state index in [1.54, 1.807) is 13.2 Å². The van der Waals surface area contributed by atoms with Crippen molar-refractivity contribution in [2.75, 3.05) is 37.4 Å². The van der Waals surface area contributed by atoms with Crippen molar-refractivity contribution in [2.24, 2.45) is 5.92 Å². The van der Waals surface area contributed by atoms with Crippen LogP contribution in [-0.2, 0) is 12.8 Å². The van der Waals surface area contributed by atoms with Crippen molar-refractivity contribution in [1.29, 1.82) is 5.26 Å². The molecule has 0 spiro atoms. The van der Waals surface area contributed by atoms with Crippen molar-refractivity contribution in [3.05, 3.63) is 52.2 Å². The number of fused-ring (bicyclic) bond motifs is 1. The van der Waals surface area contributed by atoms with Crippen molar-refractivity contribution in [3.63, 3.8) is 0 Å². The molecule has 3 aromatic rings. The van der Waals surface area contributed by atoms with Gasteiger partial charge in [0, 0.05) is 30.5 Å². The van der Waals surface area contributed by atoms with Gasteiger partial charge in [0.2, 0.25) is 0 Å². The van der Waals surface area contributed by atoms with E-state index in [1.165, 1.54) is 0 Å². The van der Waals surface area contributed by atoms with Crippen molar-refractivity contribution >= 4 is 33.9 Å². The maximum atomic E-state index is 9.62. The molecule has 7 nitrogen and oxygen atoms in total. The molecular weight excluding hydrogens is 426 g/mol. The van der Waals surface area contributed by atoms with Crippen LogP contribution >= 0.6 is 11.6 Å². The molecule has 0 aliphatic carbocycles. The van der Waals surface area contributed by atoms with Gasteiger partial charge in [0.05, 0.1) is 29.1 Å². The SMILES string of the molecule is COc1ccc(CCc2nnc(N3CCCC(CO)C3)c3ccc(C#N)c(N)c23)cc1Cl. The summed E-state index contributed by atoms with van der Waals surface area (Å²) in [6.45, 7) is 1.73. The number of rotatable bonds is 6. The molecule has 1 aliphatic rings. The second-order valence-electron chi connectivity index (χ2n) is 8.14. The molecule has 4 rings (SSSR count). The minimum absolute atomic E-state index is 0.158. The smallest absolute Gasteiger partial charge is 0.159 e. The number of piperidine rings is 1. The minimum atomic E-state index is 0.158. The van der Waals surface area contributed by atoms with Crippen LogP contribution in [0.4, 0.5) is 11.5 Å². The van der Waals surface area contributed by atoms with Crippen molar-refractivity contribution in [2.45, 2.75) is 25.7 Å². The number of nitrogen functional groups attached to an aromatic ring is 1. The fourth-order valence-electron chi connectivity index (χ4n) is 4.37. The maximum absolute atomic E-state index is 9.62. The van der Waals surface area contributed by atoms with Crippen LogP contribution in [0.5, 0.6) is 5.75 Å². The number of halogens is 1. The van der Waals surface area contributed by atoms with Crippen LogP contribution in [0.2, 0.25) is 5.02 Å². The summed E-state index contributed by atoms with van der Waals surface area (Å²) in [5, 5.41) is 30.5. The first-order chi connectivity index (χ1) is 15.5. The molecule has 1 unspecified atom stereocenters. The van der Waals surface area contributed by atoms with E-state index in [4.69, 9.17) is 22.1 Å². The third-order valence-electron chi connectivity index (χ3n) is 6.10. The summed E-state index contributed by atoms with van der Waals surface area (Å²) in [5.41, 5.74) is 9.08. The first kappa shape index (κ1) is 22.1. The molecule has 1 saturated heterocycles. The first-order valence-electron chi connectivity index (χ1n) is 10.7. The lowest BCUT2D eigenvalue weighted by Crippen LogP contribution is -2.37. The number of methoxy groups -OCH3 is 1. The Balaban J connectivity index is 1.71. The summed E-state index contributed by atoms with van der Waals surface area (Å²) in [6, 6.07) is 11.5. The van der Waals surface area contributed by atoms with E-state index in [2.05, 4.69) is 21.2 Å². The zero-order chi connectivity index (χ0) is 22.7. The van der Waals surface area contributed by atoms with Gasteiger partial charge in [-0.3, -0.25) is 0 Å². The number of nitrogens with two attached hydrogens (primary N) is 1. The lowest BCUT2D eigenvalue weighted by atomic mass is 9.97. The van der Waals surface area contributed by atoms with Crippen LogP contribution in [-0.4, -0.2) is 42.1 Å². The molecule has 1 aliphatic heterocycles. The molecule has 32 heavy (non-hydrogen) atoms. The van der Waals surface area contributed by atoms with Gasteiger partial charge in [-0.1, -0.05) is 17.7 Å². The van der Waals surface area contributed by atoms with E-state index in [9.17, 15) is 10.4 Å². The van der Waals surface area contributed by atoms with E-state index in [0.717, 1.165) is 53.8 Å². The highest BCUT2D eigenvalue weighted by Gasteiger charge is 2.24. The topological polar surface area (TPSA) is 108 Å². The molecule has 166 valence electrons. The quantitative estimate of drug-likeness (QED) is 0.549. The fourth-order valence-corrected chi connectivity index (χ4v) is 4.65. The number of aromatic nitrogens is 2. The Hall–Kier alpha value is -3.08. The van der Waals surface area contributed by atoms with Crippen LogP contribution in [0.1, 0.15) is 29.7 Å². The zero-order valence-corrected chi connectivity index (χ0v) is 18.8. The number of nitriles is 1. The minimum Gasteiger partial charge on any atom is -0.495 e. The normalized spacial score (nSPS) is 16.2. The molecule has 1 fully saturated rings. The molecule has 2 aromatic carbocycles. The number of nitrogens with zero attached hydrogens (tertiary/aromatic N) is 4. The summed E-state index contributed by atoms with van der Waals surface area (Å²) in [5.74, 6) is 1.61. The number of hydrogen-bond acceptors (Lipinski definition) is 7. The average Bonchev–Trinajstić information content (AvgIpc) is 2.82. The monoisotopic (exact) mass is 451 g/mol. The predicted octanol–water partition coefficient (Wildman–Crippen LogP) is 3.74. The molecule has 1 aromatic heterocycles. The van der Waals surface area contributed by atoms with Crippen LogP contribution in [0, 0.1) is 17.2 Å². The summed E-state index contributed by atoms with van der Waals surface area (Å²) in [4.78, 5) is 2.16. The van der Waals surface area contributed by atoms with Crippen molar-refractivity contribution in [3.8, 4) is 11.8 Å². The lowest BCUT2D eigenvalue weighted by Gasteiger charge is -2.33. The standard InChI is InChI=1S/C24H26ClN5O2/c1-32-21-9-5-15(11-19(21)25)4-8-20-22-18(7-6-17(12-26)23(22)27)24(29-28-20)30-10-2-3-16(13-30)14-31/h5-7,9,11,16,31H,2-4,8,10,13-14,27H2,1H3. The highest BCUT2D eigenvalue weighted by Crippen LogP contribution is 2.35. The third-order valence-corrected chi connectivity index (χ3v) is 6.40. The number of anilines is 2. The van der Waals surface area contributed by atoms with Crippen LogP contribution in [0.25, 0.3) is 10.8 Å². The zero-order valence-electron chi connectivity index (χ0n) is 18.0. The second-order valence-corrected chi connectivity index (χ2v) is 8.54. The molecule has 0 radical (unpaired) electrons. The van der Waals surface area contributed by atoms with Gasteiger partial charge >= 0.3 is 0 Å². The van der Waals surface area contributed by atoms with E-state index in [1.807, 2.05) is 24.3 Å². The Labute approximate surface area is 192 Å². The summed E-state index contributed by atoms with van der Waals surface area (Å²) < 4.78 is 5.23. The molecule has 8 heteroatoms. The Morgan fingerprint density at radius 2 is 2.12 bits per heavy atom. The Bertz CT molecular complexity index is 1180. The van der Waals surface area contributed by atoms with E-state index < -0.39 is 0 Å². The molecule has 3 N–H and O–H groups in total. The van der Waals surface area contributed by atoms with E-state index >= 15 is 0 Å². The van der Waals surface area contributed by atoms with E-state index in [-0.39, 0.29) is 12.5 Å². The van der Waals surface area contributed by atoms with E-state index in [0.29, 0.717) is 34.9 Å². The second kappa shape index (κ2) is 9.60. The molecule has 0 saturated carbocycles. The summed E-state index contributed by atoms with van der Waals surface area (Å²) in [7, 11) is 1.59. The molecule has 1 atom stereocenters. The lowest BCUT2D eigenvalue weighted by molar-refractivity contribution is 0.208. The number of aryl methyl sites for hydroxylation is 2. The van der Waals surface area contributed by atoms with Gasteiger partial charge in [0.15, 0.2) is 5.82 Å². The highest BCUT2D eigenvalue weighted by atomic mass is 35.5. The summed E-state index contributed by atoms with van der Waals surface area (Å²) >= 11 is 6.27. The van der Waals surface area contributed by atoms with Gasteiger partial charge < -0.3 is 20.5 Å². The van der Waals surface area contributed by atoms with Crippen LogP contribution in [0.3, 0.4) is 0 Å². The van der Waals surface area contributed by atoms with Gasteiger partial charge in [-0.15, -0.1) is 5.10 Å². The average molecular weight is 452 g/mol. The summed E-state index contributed by atoms with van der Waals surface area (Å²) in [6.07, 6.45) is 3.28. The number of hydrogen-bond donors (Lipinski definition) is 2. The first-order valence-corrected chi connectivity index (χ1v) is 11.1. The largest absolute Gasteiger partial charge is 0.495 e. The van der Waals surface area contributed by atoms with Crippen LogP contribution in [0.15, 0.2) is 30.3 Å². The van der Waals surface area contributed by atoms with Gasteiger partial charge in [-0.2, -0.15) is 10.4 Å². The number of aliphatic hydroxyl groups excluding tert-OH is 1. The molecule has 0 amide bonds. The Morgan fingerprint density at radius 3 is 2.84 bits per heavy atom. The van der Waals surface area contributed by atoms with Gasteiger partial charge in [0.25, 0.3) is 0 Å². The van der Waals surface area contributed by atoms with Crippen molar-refractivity contribution in [1.82, 2.24) is 10.2 Å². The number of aliphatic hydroxyl groups is 1. The third kappa shape index (κ3) is 4.29. The molecule has 0 bridgehead atoms. The highest BCUT2D eigenvalue weighted by molar-refractivity contribution is 6.32. The predicted molar refractivity (Wildman–Crippen MR) is 126 cm³/mol. The van der Waals surface area contributed by atoms with Crippen LogP contribution < -0.4 is 15.4 Å². The molecule has 2 heterocycles. The maximum Gasteiger partial charge on any atom is 0.159 e. The van der Waals surface area contributed by atoms with Gasteiger partial charge in [-0.25, -0.2) is 0 Å². The van der Waals surface area contributed by atoms with Gasteiger partial charge in [-0.05, 0) is 61.4 Å². The Morgan fingerprint density at radius 1 is 1.28 bits per heavy atom.